The average molecular weight is 263 g/mol. The summed E-state index contributed by atoms with van der Waals surface area (Å²) in [5, 5.41) is 5.05. The lowest BCUT2D eigenvalue weighted by Gasteiger charge is -2.14. The molecule has 0 aliphatic rings. The van der Waals surface area contributed by atoms with Crippen LogP contribution in [-0.2, 0) is 4.79 Å². The highest BCUT2D eigenvalue weighted by molar-refractivity contribution is 5.96. The second-order valence-corrected chi connectivity index (χ2v) is 4.65. The molecule has 0 unspecified atom stereocenters. The predicted octanol–water partition coefficient (Wildman–Crippen LogP) is 2.20. The van der Waals surface area contributed by atoms with Crippen molar-refractivity contribution in [1.82, 2.24) is 5.32 Å². The van der Waals surface area contributed by atoms with Crippen molar-refractivity contribution in [3.63, 3.8) is 0 Å². The van der Waals surface area contributed by atoms with E-state index in [0.717, 1.165) is 6.42 Å². The second-order valence-electron chi connectivity index (χ2n) is 4.65. The van der Waals surface area contributed by atoms with Crippen LogP contribution in [0.15, 0.2) is 24.3 Å². The molecule has 0 spiro atoms. The largest absolute Gasteiger partial charge is 0.352 e. The van der Waals surface area contributed by atoms with Crippen molar-refractivity contribution in [2.24, 2.45) is 5.73 Å². The number of nitrogens with one attached hydrogen (secondary N) is 2. The number of amides is 3. The van der Waals surface area contributed by atoms with E-state index in [4.69, 9.17) is 5.73 Å². The first-order valence-electron chi connectivity index (χ1n) is 6.40. The standard InChI is InChI=1S/C14H21N3O2/c1-4-9(2)11-5-7-12(8-6-11)17-13(18)10(3)16-14(15)19/h5-10H,4H2,1-3H3,(H,17,18)(H3,15,16,19)/t9-,10+/m0/s1. The molecule has 1 aromatic rings. The molecular weight excluding hydrogens is 242 g/mol. The monoisotopic (exact) mass is 263 g/mol. The molecule has 104 valence electrons. The zero-order valence-electron chi connectivity index (χ0n) is 11.6. The van der Waals surface area contributed by atoms with Crippen LogP contribution in [0, 0.1) is 0 Å². The van der Waals surface area contributed by atoms with Crippen LogP contribution in [0.4, 0.5) is 10.5 Å². The van der Waals surface area contributed by atoms with Crippen LogP contribution in [0.25, 0.3) is 0 Å². The Hall–Kier alpha value is -2.04. The number of primary amides is 1. The van der Waals surface area contributed by atoms with Gasteiger partial charge in [-0.15, -0.1) is 0 Å². The fourth-order valence-corrected chi connectivity index (χ4v) is 1.66. The minimum Gasteiger partial charge on any atom is -0.352 e. The molecule has 5 nitrogen and oxygen atoms in total. The quantitative estimate of drug-likeness (QED) is 0.760. The maximum atomic E-state index is 11.7. The van der Waals surface area contributed by atoms with E-state index in [1.165, 1.54) is 5.56 Å². The van der Waals surface area contributed by atoms with Gasteiger partial charge in [-0.25, -0.2) is 4.79 Å². The van der Waals surface area contributed by atoms with Crippen molar-refractivity contribution in [3.05, 3.63) is 29.8 Å². The Bertz CT molecular complexity index is 443. The molecular formula is C14H21N3O2. The molecule has 0 radical (unpaired) electrons. The van der Waals surface area contributed by atoms with Crippen molar-refractivity contribution >= 4 is 17.6 Å². The second kappa shape index (κ2) is 6.78. The summed E-state index contributed by atoms with van der Waals surface area (Å²) in [5.74, 6) is 0.204. The van der Waals surface area contributed by atoms with E-state index in [-0.39, 0.29) is 5.91 Å². The molecule has 0 aliphatic heterocycles. The number of nitrogens with two attached hydrogens (primary N) is 1. The molecule has 0 fully saturated rings. The summed E-state index contributed by atoms with van der Waals surface area (Å²) in [6, 6.07) is 6.33. The number of anilines is 1. The van der Waals surface area contributed by atoms with Gasteiger partial charge in [0.25, 0.3) is 0 Å². The van der Waals surface area contributed by atoms with E-state index in [9.17, 15) is 9.59 Å². The summed E-state index contributed by atoms with van der Waals surface area (Å²) >= 11 is 0. The third-order valence-electron chi connectivity index (χ3n) is 3.11. The Morgan fingerprint density at radius 1 is 1.21 bits per heavy atom. The highest BCUT2D eigenvalue weighted by Crippen LogP contribution is 2.20. The topological polar surface area (TPSA) is 84.2 Å². The summed E-state index contributed by atoms with van der Waals surface area (Å²) in [7, 11) is 0. The molecule has 0 aliphatic carbocycles. The molecule has 0 aromatic heterocycles. The summed E-state index contributed by atoms with van der Waals surface area (Å²) in [4.78, 5) is 22.4. The lowest BCUT2D eigenvalue weighted by atomic mass is 9.99. The molecule has 0 saturated carbocycles. The third kappa shape index (κ3) is 4.62. The first-order valence-corrected chi connectivity index (χ1v) is 6.40. The van der Waals surface area contributed by atoms with Crippen LogP contribution >= 0.6 is 0 Å². The fourth-order valence-electron chi connectivity index (χ4n) is 1.66. The average Bonchev–Trinajstić information content (AvgIpc) is 2.37. The maximum absolute atomic E-state index is 11.7. The van der Waals surface area contributed by atoms with Crippen LogP contribution in [0.5, 0.6) is 0 Å². The van der Waals surface area contributed by atoms with Crippen molar-refractivity contribution < 1.29 is 9.59 Å². The molecule has 3 amide bonds. The number of hydrogen-bond donors (Lipinski definition) is 3. The molecule has 0 heterocycles. The highest BCUT2D eigenvalue weighted by Gasteiger charge is 2.14. The number of carbonyl (C=O) groups is 2. The van der Waals surface area contributed by atoms with Crippen molar-refractivity contribution in [2.45, 2.75) is 39.2 Å². The van der Waals surface area contributed by atoms with Gasteiger partial charge in [0.15, 0.2) is 0 Å². The van der Waals surface area contributed by atoms with E-state index in [0.29, 0.717) is 11.6 Å². The van der Waals surface area contributed by atoms with E-state index >= 15 is 0 Å². The van der Waals surface area contributed by atoms with Crippen molar-refractivity contribution in [2.75, 3.05) is 5.32 Å². The van der Waals surface area contributed by atoms with Gasteiger partial charge in [0.05, 0.1) is 0 Å². The Balaban J connectivity index is 2.62. The molecule has 2 atom stereocenters. The SMILES string of the molecule is CC[C@H](C)c1ccc(NC(=O)[C@@H](C)NC(N)=O)cc1. The first-order chi connectivity index (χ1) is 8.93. The van der Waals surface area contributed by atoms with E-state index in [1.54, 1.807) is 6.92 Å². The van der Waals surface area contributed by atoms with Crippen LogP contribution < -0.4 is 16.4 Å². The smallest absolute Gasteiger partial charge is 0.312 e. The van der Waals surface area contributed by atoms with Gasteiger partial charge in [-0.2, -0.15) is 0 Å². The maximum Gasteiger partial charge on any atom is 0.312 e. The third-order valence-corrected chi connectivity index (χ3v) is 3.11. The van der Waals surface area contributed by atoms with Gasteiger partial charge >= 0.3 is 6.03 Å². The summed E-state index contributed by atoms with van der Waals surface area (Å²) in [5.41, 5.74) is 6.91. The number of carbonyl (C=O) groups excluding carboxylic acids is 2. The lowest BCUT2D eigenvalue weighted by molar-refractivity contribution is -0.117. The fraction of sp³-hybridized carbons (Fsp3) is 0.429. The highest BCUT2D eigenvalue weighted by atomic mass is 16.2. The van der Waals surface area contributed by atoms with Crippen molar-refractivity contribution in [1.29, 1.82) is 0 Å². The molecule has 5 heteroatoms. The molecule has 19 heavy (non-hydrogen) atoms. The van der Waals surface area contributed by atoms with E-state index in [2.05, 4.69) is 24.5 Å². The van der Waals surface area contributed by atoms with Crippen LogP contribution in [0.1, 0.15) is 38.7 Å². The summed E-state index contributed by atoms with van der Waals surface area (Å²) in [6.07, 6.45) is 1.07. The van der Waals surface area contributed by atoms with Crippen molar-refractivity contribution in [3.8, 4) is 0 Å². The van der Waals surface area contributed by atoms with Crippen LogP contribution in [0.2, 0.25) is 0 Å². The minimum absolute atomic E-state index is 0.296. The van der Waals surface area contributed by atoms with Crippen LogP contribution in [0.3, 0.4) is 0 Å². The number of hydrogen-bond acceptors (Lipinski definition) is 2. The molecule has 4 N–H and O–H groups in total. The molecule has 0 saturated heterocycles. The van der Waals surface area contributed by atoms with E-state index in [1.807, 2.05) is 24.3 Å². The van der Waals surface area contributed by atoms with Gasteiger partial charge in [0.1, 0.15) is 6.04 Å². The minimum atomic E-state index is -0.713. The van der Waals surface area contributed by atoms with Gasteiger partial charge in [0, 0.05) is 5.69 Å². The first kappa shape index (κ1) is 15.0. The Labute approximate surface area is 113 Å². The van der Waals surface area contributed by atoms with Gasteiger partial charge in [-0.3, -0.25) is 4.79 Å². The Kier molecular flexibility index (Phi) is 5.36. The summed E-state index contributed by atoms with van der Waals surface area (Å²) in [6.45, 7) is 5.87. The molecule has 1 rings (SSSR count). The number of benzene rings is 1. The van der Waals surface area contributed by atoms with Gasteiger partial charge < -0.3 is 16.4 Å². The summed E-state index contributed by atoms with van der Waals surface area (Å²) < 4.78 is 0. The molecule has 1 aromatic carbocycles. The zero-order valence-corrected chi connectivity index (χ0v) is 11.6. The lowest BCUT2D eigenvalue weighted by Crippen LogP contribution is -2.44. The van der Waals surface area contributed by atoms with Crippen LogP contribution in [-0.4, -0.2) is 18.0 Å². The Morgan fingerprint density at radius 2 is 1.79 bits per heavy atom. The Morgan fingerprint density at radius 3 is 2.26 bits per heavy atom. The molecule has 0 bridgehead atoms. The number of urea groups is 1. The zero-order chi connectivity index (χ0) is 14.4. The van der Waals surface area contributed by atoms with Gasteiger partial charge in [-0.05, 0) is 37.0 Å². The van der Waals surface area contributed by atoms with Gasteiger partial charge in [-0.1, -0.05) is 26.0 Å². The predicted molar refractivity (Wildman–Crippen MR) is 76.0 cm³/mol. The number of rotatable bonds is 5. The van der Waals surface area contributed by atoms with Gasteiger partial charge in [0.2, 0.25) is 5.91 Å². The normalized spacial score (nSPS) is 13.4. The van der Waals surface area contributed by atoms with E-state index < -0.39 is 12.1 Å².